The van der Waals surface area contributed by atoms with Crippen LogP contribution in [-0.4, -0.2) is 45.9 Å². The van der Waals surface area contributed by atoms with Crippen molar-refractivity contribution in [3.8, 4) is 11.5 Å². The summed E-state index contributed by atoms with van der Waals surface area (Å²) in [7, 11) is -0.557. The summed E-state index contributed by atoms with van der Waals surface area (Å²) in [5.74, 6) is 0.647. The highest BCUT2D eigenvalue weighted by atomic mass is 32.2. The number of ether oxygens (including phenoxy) is 2. The standard InChI is InChI=1S/C17H22N2O5S2/c1-5-19(6-2)26(21,22)13-10-16(25-11-13)17(20)18-14-8-7-12(23-3)9-15(14)24-4/h7-11H,5-6H2,1-4H3,(H,18,20). The van der Waals surface area contributed by atoms with E-state index in [4.69, 9.17) is 9.47 Å². The third-order valence-corrected chi connectivity index (χ3v) is 6.91. The Bertz CT molecular complexity index is 873. The Kier molecular flexibility index (Phi) is 6.63. The molecule has 0 radical (unpaired) electrons. The third kappa shape index (κ3) is 4.17. The molecule has 26 heavy (non-hydrogen) atoms. The average Bonchev–Trinajstić information content (AvgIpc) is 3.14. The van der Waals surface area contributed by atoms with Crippen LogP contribution in [0, 0.1) is 0 Å². The highest BCUT2D eigenvalue weighted by Crippen LogP contribution is 2.30. The smallest absolute Gasteiger partial charge is 0.265 e. The second-order valence-corrected chi connectivity index (χ2v) is 8.11. The Balaban J connectivity index is 2.24. The van der Waals surface area contributed by atoms with Gasteiger partial charge in [-0.2, -0.15) is 4.31 Å². The quantitative estimate of drug-likeness (QED) is 0.739. The summed E-state index contributed by atoms with van der Waals surface area (Å²) in [6.07, 6.45) is 0. The van der Waals surface area contributed by atoms with Crippen molar-refractivity contribution in [2.75, 3.05) is 32.6 Å². The van der Waals surface area contributed by atoms with Gasteiger partial charge in [-0.15, -0.1) is 11.3 Å². The lowest BCUT2D eigenvalue weighted by Gasteiger charge is -2.17. The number of nitrogens with one attached hydrogen (secondary N) is 1. The van der Waals surface area contributed by atoms with E-state index in [1.165, 1.54) is 30.0 Å². The first-order valence-corrected chi connectivity index (χ1v) is 10.3. The number of anilines is 1. The van der Waals surface area contributed by atoms with Crippen LogP contribution in [0.4, 0.5) is 5.69 Å². The Hall–Kier alpha value is -2.10. The summed E-state index contributed by atoms with van der Waals surface area (Å²) in [5.41, 5.74) is 0.472. The van der Waals surface area contributed by atoms with Crippen LogP contribution in [0.2, 0.25) is 0 Å². The first kappa shape index (κ1) is 20.2. The molecule has 7 nitrogen and oxygen atoms in total. The molecular weight excluding hydrogens is 376 g/mol. The normalized spacial score (nSPS) is 11.4. The number of carbonyl (C=O) groups excluding carboxylic acids is 1. The molecule has 0 aliphatic heterocycles. The van der Waals surface area contributed by atoms with E-state index in [1.54, 1.807) is 32.0 Å². The lowest BCUT2D eigenvalue weighted by molar-refractivity contribution is 0.103. The molecule has 1 heterocycles. The summed E-state index contributed by atoms with van der Waals surface area (Å²) in [4.78, 5) is 12.9. The van der Waals surface area contributed by atoms with Gasteiger partial charge in [0.05, 0.1) is 29.7 Å². The van der Waals surface area contributed by atoms with Gasteiger partial charge < -0.3 is 14.8 Å². The van der Waals surface area contributed by atoms with Gasteiger partial charge in [-0.05, 0) is 18.2 Å². The van der Waals surface area contributed by atoms with E-state index in [-0.39, 0.29) is 4.90 Å². The van der Waals surface area contributed by atoms with E-state index in [9.17, 15) is 13.2 Å². The molecule has 0 aliphatic carbocycles. The van der Waals surface area contributed by atoms with Crippen LogP contribution in [0.1, 0.15) is 23.5 Å². The second kappa shape index (κ2) is 8.52. The third-order valence-electron chi connectivity index (χ3n) is 3.80. The molecule has 1 amide bonds. The van der Waals surface area contributed by atoms with Gasteiger partial charge in [0.1, 0.15) is 11.5 Å². The van der Waals surface area contributed by atoms with Gasteiger partial charge in [-0.1, -0.05) is 13.8 Å². The van der Waals surface area contributed by atoms with Crippen molar-refractivity contribution < 1.29 is 22.7 Å². The molecule has 0 aliphatic rings. The van der Waals surface area contributed by atoms with Gasteiger partial charge in [-0.25, -0.2) is 8.42 Å². The molecule has 142 valence electrons. The maximum Gasteiger partial charge on any atom is 0.265 e. The summed E-state index contributed by atoms with van der Waals surface area (Å²) in [6, 6.07) is 6.41. The Morgan fingerprint density at radius 3 is 2.42 bits per heavy atom. The van der Waals surface area contributed by atoms with Crippen molar-refractivity contribution in [1.29, 1.82) is 0 Å². The number of methoxy groups -OCH3 is 2. The van der Waals surface area contributed by atoms with Crippen molar-refractivity contribution in [2.45, 2.75) is 18.7 Å². The number of sulfonamides is 1. The Morgan fingerprint density at radius 2 is 1.85 bits per heavy atom. The van der Waals surface area contributed by atoms with E-state index >= 15 is 0 Å². The van der Waals surface area contributed by atoms with Crippen molar-refractivity contribution in [3.63, 3.8) is 0 Å². The predicted octanol–water partition coefficient (Wildman–Crippen LogP) is 3.05. The number of rotatable bonds is 8. The zero-order valence-corrected chi connectivity index (χ0v) is 16.7. The van der Waals surface area contributed by atoms with E-state index < -0.39 is 15.9 Å². The zero-order valence-electron chi connectivity index (χ0n) is 15.1. The SMILES string of the molecule is CCN(CC)S(=O)(=O)c1csc(C(=O)Nc2ccc(OC)cc2OC)c1. The summed E-state index contributed by atoms with van der Waals surface area (Å²) in [5, 5.41) is 4.21. The number of benzene rings is 1. The number of nitrogens with zero attached hydrogens (tertiary/aromatic N) is 1. The van der Waals surface area contributed by atoms with E-state index in [1.807, 2.05) is 0 Å². The molecule has 0 spiro atoms. The number of amides is 1. The van der Waals surface area contributed by atoms with Crippen LogP contribution in [0.15, 0.2) is 34.5 Å². The molecule has 0 saturated carbocycles. The fourth-order valence-electron chi connectivity index (χ4n) is 2.37. The molecular formula is C17H22N2O5S2. The summed E-state index contributed by atoms with van der Waals surface area (Å²) in [6.45, 7) is 4.30. The maximum absolute atomic E-state index is 12.5. The van der Waals surface area contributed by atoms with Gasteiger partial charge in [-0.3, -0.25) is 4.79 Å². The van der Waals surface area contributed by atoms with Crippen LogP contribution in [-0.2, 0) is 10.0 Å². The summed E-state index contributed by atoms with van der Waals surface area (Å²) >= 11 is 1.08. The summed E-state index contributed by atoms with van der Waals surface area (Å²) < 4.78 is 36.8. The molecule has 1 aromatic heterocycles. The molecule has 0 fully saturated rings. The molecule has 2 aromatic rings. The average molecular weight is 399 g/mol. The molecule has 0 saturated heterocycles. The number of hydrogen-bond donors (Lipinski definition) is 1. The molecule has 0 unspecified atom stereocenters. The van der Waals surface area contributed by atoms with Gasteiger partial charge in [0.25, 0.3) is 5.91 Å². The Labute approximate surface area is 157 Å². The zero-order chi connectivity index (χ0) is 19.3. The van der Waals surface area contributed by atoms with Gasteiger partial charge >= 0.3 is 0 Å². The van der Waals surface area contributed by atoms with Crippen LogP contribution in [0.25, 0.3) is 0 Å². The maximum atomic E-state index is 12.5. The first-order chi connectivity index (χ1) is 12.4. The predicted molar refractivity (Wildman–Crippen MR) is 102 cm³/mol. The van der Waals surface area contributed by atoms with E-state index in [2.05, 4.69) is 5.32 Å². The molecule has 1 N–H and O–H groups in total. The molecule has 2 rings (SSSR count). The monoisotopic (exact) mass is 398 g/mol. The topological polar surface area (TPSA) is 84.9 Å². The van der Waals surface area contributed by atoms with E-state index in [0.29, 0.717) is 35.2 Å². The fourth-order valence-corrected chi connectivity index (χ4v) is 4.99. The van der Waals surface area contributed by atoms with Crippen molar-refractivity contribution in [2.24, 2.45) is 0 Å². The minimum Gasteiger partial charge on any atom is -0.497 e. The van der Waals surface area contributed by atoms with E-state index in [0.717, 1.165) is 11.3 Å². The van der Waals surface area contributed by atoms with Crippen LogP contribution < -0.4 is 14.8 Å². The van der Waals surface area contributed by atoms with Crippen LogP contribution >= 0.6 is 11.3 Å². The van der Waals surface area contributed by atoms with Crippen molar-refractivity contribution in [3.05, 3.63) is 34.5 Å². The van der Waals surface area contributed by atoms with Crippen molar-refractivity contribution in [1.82, 2.24) is 4.31 Å². The molecule has 0 bridgehead atoms. The largest absolute Gasteiger partial charge is 0.497 e. The Morgan fingerprint density at radius 1 is 1.15 bits per heavy atom. The lowest BCUT2D eigenvalue weighted by atomic mass is 10.2. The molecule has 1 aromatic carbocycles. The van der Waals surface area contributed by atoms with Gasteiger partial charge in [0.2, 0.25) is 10.0 Å². The number of carbonyl (C=O) groups is 1. The van der Waals surface area contributed by atoms with Crippen LogP contribution in [0.3, 0.4) is 0 Å². The second-order valence-electron chi connectivity index (χ2n) is 5.26. The highest BCUT2D eigenvalue weighted by molar-refractivity contribution is 7.89. The first-order valence-electron chi connectivity index (χ1n) is 7.99. The lowest BCUT2D eigenvalue weighted by Crippen LogP contribution is -2.30. The fraction of sp³-hybridized carbons (Fsp3) is 0.353. The molecule has 9 heteroatoms. The van der Waals surface area contributed by atoms with Crippen molar-refractivity contribution >= 4 is 33.0 Å². The minimum atomic E-state index is -3.59. The van der Waals surface area contributed by atoms with Gasteiger partial charge in [0.15, 0.2) is 0 Å². The molecule has 0 atom stereocenters. The van der Waals surface area contributed by atoms with Crippen LogP contribution in [0.5, 0.6) is 11.5 Å². The highest BCUT2D eigenvalue weighted by Gasteiger charge is 2.24. The number of thiophene rings is 1. The van der Waals surface area contributed by atoms with Gasteiger partial charge in [0, 0.05) is 24.5 Å². The minimum absolute atomic E-state index is 0.123. The number of hydrogen-bond acceptors (Lipinski definition) is 6.